The van der Waals surface area contributed by atoms with E-state index in [2.05, 4.69) is 10.1 Å². The SMILES string of the molecule is Cc1cccc(Cl)c1C(=O)n1nc(-c2ccc(C(=O)O)cc2F)c2ncc(C(=O)N3CCOCC3)cc21. The van der Waals surface area contributed by atoms with E-state index >= 15 is 4.39 Å². The Morgan fingerprint density at radius 1 is 1.05 bits per heavy atom. The summed E-state index contributed by atoms with van der Waals surface area (Å²) in [6.07, 6.45) is 1.35. The molecule has 1 aliphatic rings. The van der Waals surface area contributed by atoms with E-state index in [0.717, 1.165) is 10.7 Å². The number of carbonyl (C=O) groups excluding carboxylic acids is 2. The number of nitrogens with zero attached hydrogens (tertiary/aromatic N) is 4. The molecule has 1 fully saturated rings. The van der Waals surface area contributed by atoms with Crippen molar-refractivity contribution in [3.8, 4) is 11.3 Å². The highest BCUT2D eigenvalue weighted by molar-refractivity contribution is 6.34. The van der Waals surface area contributed by atoms with Gasteiger partial charge < -0.3 is 14.7 Å². The molecule has 11 heteroatoms. The number of morpholine rings is 1. The van der Waals surface area contributed by atoms with Gasteiger partial charge in [-0.05, 0) is 42.8 Å². The fourth-order valence-corrected chi connectivity index (χ4v) is 4.55. The summed E-state index contributed by atoms with van der Waals surface area (Å²) in [5.74, 6) is -3.00. The van der Waals surface area contributed by atoms with Gasteiger partial charge in [0, 0.05) is 24.8 Å². The molecule has 0 atom stereocenters. The Morgan fingerprint density at radius 2 is 1.81 bits per heavy atom. The molecule has 188 valence electrons. The first-order valence-electron chi connectivity index (χ1n) is 11.3. The van der Waals surface area contributed by atoms with Crippen molar-refractivity contribution in [1.82, 2.24) is 19.7 Å². The van der Waals surface area contributed by atoms with E-state index in [9.17, 15) is 19.5 Å². The molecule has 2 aromatic carbocycles. The number of aryl methyl sites for hydroxylation is 1. The van der Waals surface area contributed by atoms with Gasteiger partial charge in [0.25, 0.3) is 11.8 Å². The Morgan fingerprint density at radius 3 is 2.49 bits per heavy atom. The van der Waals surface area contributed by atoms with Crippen LogP contribution in [0.4, 0.5) is 4.39 Å². The van der Waals surface area contributed by atoms with E-state index in [0.29, 0.717) is 31.9 Å². The lowest BCUT2D eigenvalue weighted by molar-refractivity contribution is 0.0302. The Bertz CT molecular complexity index is 1560. The minimum absolute atomic E-state index is 0.0212. The molecule has 1 aliphatic heterocycles. The van der Waals surface area contributed by atoms with Gasteiger partial charge in [0.2, 0.25) is 0 Å². The predicted octanol–water partition coefficient (Wildman–Crippen LogP) is 4.06. The fourth-order valence-electron chi connectivity index (χ4n) is 4.25. The molecule has 0 spiro atoms. The quantitative estimate of drug-likeness (QED) is 0.430. The maximum absolute atomic E-state index is 15.0. The van der Waals surface area contributed by atoms with Gasteiger partial charge in [-0.3, -0.25) is 14.6 Å². The monoisotopic (exact) mass is 522 g/mol. The number of pyridine rings is 1. The number of carbonyl (C=O) groups is 3. The van der Waals surface area contributed by atoms with Crippen LogP contribution in [0.3, 0.4) is 0 Å². The number of carboxylic acid groups (broad SMARTS) is 1. The van der Waals surface area contributed by atoms with Crippen molar-refractivity contribution in [1.29, 1.82) is 0 Å². The molecule has 2 aromatic heterocycles. The second-order valence-corrected chi connectivity index (χ2v) is 8.90. The smallest absolute Gasteiger partial charge is 0.335 e. The average molecular weight is 523 g/mol. The lowest BCUT2D eigenvalue weighted by atomic mass is 10.1. The van der Waals surface area contributed by atoms with Crippen molar-refractivity contribution in [3.05, 3.63) is 81.8 Å². The topological polar surface area (TPSA) is 115 Å². The molecular formula is C26H20ClFN4O5. The molecular weight excluding hydrogens is 503 g/mol. The van der Waals surface area contributed by atoms with Gasteiger partial charge in [-0.2, -0.15) is 9.78 Å². The van der Waals surface area contributed by atoms with E-state index in [1.54, 1.807) is 30.0 Å². The summed E-state index contributed by atoms with van der Waals surface area (Å²) in [6, 6.07) is 9.88. The van der Waals surface area contributed by atoms with E-state index < -0.39 is 17.7 Å². The van der Waals surface area contributed by atoms with Crippen molar-refractivity contribution in [3.63, 3.8) is 0 Å². The van der Waals surface area contributed by atoms with Crippen molar-refractivity contribution >= 4 is 40.4 Å². The van der Waals surface area contributed by atoms with Gasteiger partial charge in [0.05, 0.1) is 40.4 Å². The van der Waals surface area contributed by atoms with Gasteiger partial charge in [-0.15, -0.1) is 0 Å². The summed E-state index contributed by atoms with van der Waals surface area (Å²) in [6.45, 7) is 3.39. The van der Waals surface area contributed by atoms with E-state index in [4.69, 9.17) is 16.3 Å². The minimum atomic E-state index is -1.28. The van der Waals surface area contributed by atoms with Crippen LogP contribution in [0.2, 0.25) is 5.02 Å². The number of carboxylic acids is 1. The van der Waals surface area contributed by atoms with Crippen LogP contribution in [0.5, 0.6) is 0 Å². The van der Waals surface area contributed by atoms with Gasteiger partial charge in [0.15, 0.2) is 0 Å². The number of aromatic carboxylic acids is 1. The van der Waals surface area contributed by atoms with E-state index in [1.165, 1.54) is 24.4 Å². The molecule has 9 nitrogen and oxygen atoms in total. The molecule has 0 unspecified atom stereocenters. The zero-order chi connectivity index (χ0) is 26.3. The number of hydrogen-bond donors (Lipinski definition) is 1. The standard InChI is InChI=1S/C26H20ClFN4O5/c1-14-3-2-4-18(27)21(14)25(34)32-20-12-16(24(33)31-7-9-37-10-8-31)13-29-23(20)22(30-32)17-6-5-15(26(35)36)11-19(17)28/h2-6,11-13H,7-10H2,1H3,(H,35,36). The van der Waals surface area contributed by atoms with Crippen molar-refractivity contribution < 1.29 is 28.6 Å². The predicted molar refractivity (Wildman–Crippen MR) is 133 cm³/mol. The molecule has 3 heterocycles. The molecule has 0 bridgehead atoms. The largest absolute Gasteiger partial charge is 0.478 e. The van der Waals surface area contributed by atoms with E-state index in [-0.39, 0.29) is 49.9 Å². The average Bonchev–Trinajstić information content (AvgIpc) is 3.27. The molecule has 0 radical (unpaired) electrons. The highest BCUT2D eigenvalue weighted by Crippen LogP contribution is 2.31. The summed E-state index contributed by atoms with van der Waals surface area (Å²) < 4.78 is 21.4. The van der Waals surface area contributed by atoms with Gasteiger partial charge in [-0.1, -0.05) is 23.7 Å². The molecule has 1 N–H and O–H groups in total. The Balaban J connectivity index is 1.70. The fraction of sp³-hybridized carbons (Fsp3) is 0.192. The third-order valence-electron chi connectivity index (χ3n) is 6.16. The van der Waals surface area contributed by atoms with Crippen molar-refractivity contribution in [2.75, 3.05) is 26.3 Å². The second kappa shape index (κ2) is 9.72. The number of halogens is 2. The maximum Gasteiger partial charge on any atom is 0.335 e. The first-order valence-corrected chi connectivity index (χ1v) is 11.7. The van der Waals surface area contributed by atoms with Gasteiger partial charge >= 0.3 is 5.97 Å². The zero-order valence-corrected chi connectivity index (χ0v) is 20.3. The summed E-state index contributed by atoms with van der Waals surface area (Å²) in [5, 5.41) is 13.8. The second-order valence-electron chi connectivity index (χ2n) is 8.49. The van der Waals surface area contributed by atoms with Crippen molar-refractivity contribution in [2.24, 2.45) is 0 Å². The number of benzene rings is 2. The van der Waals surface area contributed by atoms with E-state index in [1.807, 2.05) is 0 Å². The third-order valence-corrected chi connectivity index (χ3v) is 6.48. The summed E-state index contributed by atoms with van der Waals surface area (Å²) in [4.78, 5) is 44.0. The Kier molecular flexibility index (Phi) is 6.45. The number of fused-ring (bicyclic) bond motifs is 1. The van der Waals surface area contributed by atoms with Crippen LogP contribution in [0, 0.1) is 12.7 Å². The summed E-state index contributed by atoms with van der Waals surface area (Å²) in [5.41, 5.74) is 1.12. The molecule has 37 heavy (non-hydrogen) atoms. The number of hydrogen-bond acceptors (Lipinski definition) is 6. The summed E-state index contributed by atoms with van der Waals surface area (Å²) in [7, 11) is 0. The van der Waals surface area contributed by atoms with Crippen molar-refractivity contribution in [2.45, 2.75) is 6.92 Å². The van der Waals surface area contributed by atoms with Crippen LogP contribution in [0.25, 0.3) is 22.3 Å². The molecule has 1 amide bonds. The molecule has 4 aromatic rings. The summed E-state index contributed by atoms with van der Waals surface area (Å²) >= 11 is 6.34. The van der Waals surface area contributed by atoms with Crippen LogP contribution in [0.1, 0.15) is 36.6 Å². The van der Waals surface area contributed by atoms with Gasteiger partial charge in [-0.25, -0.2) is 9.18 Å². The molecule has 0 aliphatic carbocycles. The lowest BCUT2D eigenvalue weighted by Crippen LogP contribution is -2.40. The van der Waals surface area contributed by atoms with Gasteiger partial charge in [0.1, 0.15) is 17.0 Å². The van der Waals surface area contributed by atoms with Crippen LogP contribution in [0.15, 0.2) is 48.7 Å². The lowest BCUT2D eigenvalue weighted by Gasteiger charge is -2.26. The van der Waals surface area contributed by atoms with Crippen LogP contribution < -0.4 is 0 Å². The van der Waals surface area contributed by atoms with Crippen LogP contribution >= 0.6 is 11.6 Å². The highest BCUT2D eigenvalue weighted by atomic mass is 35.5. The molecule has 0 saturated carbocycles. The highest BCUT2D eigenvalue weighted by Gasteiger charge is 2.26. The maximum atomic E-state index is 15.0. The number of rotatable bonds is 4. The molecule has 5 rings (SSSR count). The number of aromatic nitrogens is 3. The number of ether oxygens (including phenoxy) is 1. The zero-order valence-electron chi connectivity index (χ0n) is 19.6. The van der Waals surface area contributed by atoms with Crippen LogP contribution in [-0.2, 0) is 4.74 Å². The molecule has 1 saturated heterocycles. The minimum Gasteiger partial charge on any atom is -0.478 e. The third kappa shape index (κ3) is 4.45. The first-order chi connectivity index (χ1) is 17.8. The first kappa shape index (κ1) is 24.5. The Labute approximate surface area is 215 Å². The van der Waals surface area contributed by atoms with Crippen LogP contribution in [-0.4, -0.2) is 68.9 Å². The normalized spacial score (nSPS) is 13.6. The Hall–Kier alpha value is -4.15. The number of amides is 1.